The summed E-state index contributed by atoms with van der Waals surface area (Å²) in [4.78, 5) is 0. The third-order valence-corrected chi connectivity index (χ3v) is 8.17. The summed E-state index contributed by atoms with van der Waals surface area (Å²) in [6.07, 6.45) is 10.4. The van der Waals surface area contributed by atoms with Crippen LogP contribution in [0.4, 0.5) is 0 Å². The fourth-order valence-electron chi connectivity index (χ4n) is 9.39. The van der Waals surface area contributed by atoms with Crippen LogP contribution >= 0.6 is 0 Å². The normalized spacial score (nSPS) is 60.9. The lowest BCUT2D eigenvalue weighted by molar-refractivity contribution is -0.237. The second-order valence-electron chi connectivity index (χ2n) is 13.3. The Labute approximate surface area is 166 Å². The fraction of sp³-hybridized carbons (Fsp3) is 1.00. The molecular weight excluding hydrogens is 336 g/mol. The molecule has 0 radical (unpaired) electrons. The highest BCUT2D eigenvalue weighted by atomic mass is 16.5. The molecule has 4 aliphatic carbocycles. The molecule has 4 saturated carbocycles. The van der Waals surface area contributed by atoms with Gasteiger partial charge in [0.1, 0.15) is 0 Å². The highest BCUT2D eigenvalue weighted by Crippen LogP contribution is 2.60. The van der Waals surface area contributed by atoms with E-state index in [-0.39, 0.29) is 22.0 Å². The summed E-state index contributed by atoms with van der Waals surface area (Å²) in [6, 6.07) is 0. The van der Waals surface area contributed by atoms with E-state index in [4.69, 9.17) is 4.74 Å². The summed E-state index contributed by atoms with van der Waals surface area (Å²) < 4.78 is 7.08. The van der Waals surface area contributed by atoms with Crippen molar-refractivity contribution >= 4 is 0 Å². The summed E-state index contributed by atoms with van der Waals surface area (Å²) >= 11 is 0. The second-order valence-corrected chi connectivity index (χ2v) is 13.3. The van der Waals surface area contributed by atoms with Crippen molar-refractivity contribution in [3.05, 3.63) is 0 Å². The smallest absolute Gasteiger partial charge is 0.0669 e. The van der Waals surface area contributed by atoms with Crippen molar-refractivity contribution < 1.29 is 14.9 Å². The number of fused-ring (bicyclic) bond motifs is 4. The fourth-order valence-corrected chi connectivity index (χ4v) is 9.39. The van der Waals surface area contributed by atoms with Gasteiger partial charge in [0.05, 0.1) is 22.4 Å². The first-order chi connectivity index (χ1) is 12.1. The highest BCUT2D eigenvalue weighted by molar-refractivity contribution is 5.07. The van der Waals surface area contributed by atoms with Crippen LogP contribution in [0.15, 0.2) is 0 Å². The molecule has 3 nitrogen and oxygen atoms in total. The zero-order valence-electron chi connectivity index (χ0n) is 18.5. The van der Waals surface area contributed by atoms with Gasteiger partial charge >= 0.3 is 0 Å². The quantitative estimate of drug-likeness (QED) is 0.692. The zero-order chi connectivity index (χ0) is 19.9. The predicted molar refractivity (Wildman–Crippen MR) is 109 cm³/mol. The minimum atomic E-state index is -0.510. The largest absolute Gasteiger partial charge is 0.390 e. The third kappa shape index (κ3) is 4.12. The minimum Gasteiger partial charge on any atom is -0.390 e. The van der Waals surface area contributed by atoms with Gasteiger partial charge in [0, 0.05) is 0 Å². The molecule has 0 aromatic heterocycles. The molecule has 0 saturated heterocycles. The molecule has 0 spiro atoms. The van der Waals surface area contributed by atoms with E-state index in [9.17, 15) is 10.2 Å². The van der Waals surface area contributed by atoms with Gasteiger partial charge in [0.25, 0.3) is 0 Å². The molecule has 3 heteroatoms. The first-order valence-electron chi connectivity index (χ1n) is 11.3. The Balaban J connectivity index is 1.52. The van der Waals surface area contributed by atoms with Crippen LogP contribution in [0.25, 0.3) is 0 Å². The summed E-state index contributed by atoms with van der Waals surface area (Å²) in [7, 11) is 0. The molecule has 4 rings (SSSR count). The molecule has 4 bridgehead atoms. The molecule has 0 aromatic carbocycles. The summed E-state index contributed by atoms with van der Waals surface area (Å²) in [5.74, 6) is 1.14. The van der Waals surface area contributed by atoms with E-state index < -0.39 is 11.2 Å². The summed E-state index contributed by atoms with van der Waals surface area (Å²) in [5.41, 5.74) is -0.823. The molecule has 0 heterocycles. The maximum Gasteiger partial charge on any atom is 0.0669 e. The van der Waals surface area contributed by atoms with Crippen molar-refractivity contribution in [2.45, 2.75) is 128 Å². The van der Waals surface area contributed by atoms with E-state index in [2.05, 4.69) is 27.7 Å². The van der Waals surface area contributed by atoms with Crippen LogP contribution in [0, 0.1) is 22.7 Å². The SMILES string of the molecule is CC1(O)CC2CC(C)(C1)CC(C)(OC1(C)CC3CC(C)(O)CC(C)(C3)C1)C2. The van der Waals surface area contributed by atoms with Gasteiger partial charge in [0.2, 0.25) is 0 Å². The van der Waals surface area contributed by atoms with Gasteiger partial charge < -0.3 is 14.9 Å². The molecule has 0 aliphatic heterocycles. The van der Waals surface area contributed by atoms with Gasteiger partial charge in [-0.2, -0.15) is 0 Å². The number of ether oxygens (including phenoxy) is 1. The lowest BCUT2D eigenvalue weighted by Gasteiger charge is -2.60. The first kappa shape index (κ1) is 20.2. The maximum atomic E-state index is 10.7. The average Bonchev–Trinajstić information content (AvgIpc) is 2.25. The van der Waals surface area contributed by atoms with Crippen molar-refractivity contribution in [2.24, 2.45) is 22.7 Å². The van der Waals surface area contributed by atoms with Crippen molar-refractivity contribution in [1.29, 1.82) is 0 Å². The van der Waals surface area contributed by atoms with Crippen LogP contribution in [0.1, 0.15) is 106 Å². The summed E-state index contributed by atoms with van der Waals surface area (Å²) in [5, 5.41) is 21.4. The highest BCUT2D eigenvalue weighted by Gasteiger charge is 2.56. The molecule has 8 unspecified atom stereocenters. The van der Waals surface area contributed by atoms with Gasteiger partial charge in [-0.3, -0.25) is 0 Å². The van der Waals surface area contributed by atoms with Gasteiger partial charge in [0.15, 0.2) is 0 Å². The van der Waals surface area contributed by atoms with Crippen LogP contribution in [0.3, 0.4) is 0 Å². The monoisotopic (exact) mass is 378 g/mol. The van der Waals surface area contributed by atoms with Crippen LogP contribution in [0.5, 0.6) is 0 Å². The van der Waals surface area contributed by atoms with Crippen molar-refractivity contribution in [3.8, 4) is 0 Å². The lowest BCUT2D eigenvalue weighted by atomic mass is 9.54. The predicted octanol–water partition coefficient (Wildman–Crippen LogP) is 5.22. The Hall–Kier alpha value is -0.120. The Bertz CT molecular complexity index is 557. The van der Waals surface area contributed by atoms with Gasteiger partial charge in [-0.1, -0.05) is 13.8 Å². The zero-order valence-corrected chi connectivity index (χ0v) is 18.5. The number of rotatable bonds is 2. The molecule has 156 valence electrons. The Kier molecular flexibility index (Phi) is 4.28. The second kappa shape index (κ2) is 5.73. The molecule has 8 atom stereocenters. The van der Waals surface area contributed by atoms with E-state index in [1.165, 1.54) is 12.8 Å². The molecule has 4 fully saturated rings. The maximum absolute atomic E-state index is 10.7. The van der Waals surface area contributed by atoms with Gasteiger partial charge in [-0.05, 0) is 115 Å². The number of aliphatic hydroxyl groups is 2. The third-order valence-electron chi connectivity index (χ3n) is 8.17. The number of hydrogen-bond acceptors (Lipinski definition) is 3. The summed E-state index contributed by atoms with van der Waals surface area (Å²) in [6.45, 7) is 13.5. The van der Waals surface area contributed by atoms with Crippen LogP contribution in [-0.2, 0) is 4.74 Å². The first-order valence-corrected chi connectivity index (χ1v) is 11.3. The number of hydrogen-bond donors (Lipinski definition) is 2. The van der Waals surface area contributed by atoms with E-state index in [1.54, 1.807) is 0 Å². The van der Waals surface area contributed by atoms with E-state index in [0.29, 0.717) is 11.8 Å². The topological polar surface area (TPSA) is 49.7 Å². The van der Waals surface area contributed by atoms with E-state index in [1.807, 2.05) is 13.8 Å². The van der Waals surface area contributed by atoms with E-state index in [0.717, 1.165) is 51.4 Å². The minimum absolute atomic E-state index is 0.0898. The Morgan fingerprint density at radius 2 is 0.926 bits per heavy atom. The molecule has 0 amide bonds. The van der Waals surface area contributed by atoms with Crippen LogP contribution in [-0.4, -0.2) is 32.6 Å². The molecule has 27 heavy (non-hydrogen) atoms. The lowest BCUT2D eigenvalue weighted by Crippen LogP contribution is -2.57. The Morgan fingerprint density at radius 1 is 0.556 bits per heavy atom. The standard InChI is InChI=1S/C24H42O3/c1-19-7-17(9-21(3,25)13-19)11-23(5,15-19)27-24(6)12-18-8-20(2,16-24)14-22(4,26)10-18/h17-18,25-26H,7-16H2,1-6H3. The van der Waals surface area contributed by atoms with Crippen molar-refractivity contribution in [3.63, 3.8) is 0 Å². The molecular formula is C24H42O3. The van der Waals surface area contributed by atoms with Crippen LogP contribution in [0.2, 0.25) is 0 Å². The van der Waals surface area contributed by atoms with Crippen LogP contribution < -0.4 is 0 Å². The molecule has 2 N–H and O–H groups in total. The van der Waals surface area contributed by atoms with Crippen molar-refractivity contribution in [1.82, 2.24) is 0 Å². The van der Waals surface area contributed by atoms with Crippen molar-refractivity contribution in [2.75, 3.05) is 0 Å². The molecule has 0 aromatic rings. The van der Waals surface area contributed by atoms with Gasteiger partial charge in [-0.25, -0.2) is 0 Å². The van der Waals surface area contributed by atoms with Gasteiger partial charge in [-0.15, -0.1) is 0 Å². The average molecular weight is 379 g/mol. The molecule has 4 aliphatic rings. The Morgan fingerprint density at radius 3 is 1.26 bits per heavy atom. The van der Waals surface area contributed by atoms with E-state index >= 15 is 0 Å².